The first-order valence-electron chi connectivity index (χ1n) is 6.14. The zero-order valence-electron chi connectivity index (χ0n) is 9.75. The molecule has 0 saturated carbocycles. The Labute approximate surface area is 101 Å². The second-order valence-corrected chi connectivity index (χ2v) is 6.30. The van der Waals surface area contributed by atoms with Crippen LogP contribution in [0.15, 0.2) is 6.20 Å². The number of nitrogens with zero attached hydrogens (tertiary/aromatic N) is 1. The molecule has 0 amide bonds. The largest absolute Gasteiger partial charge is 0.344 e. The molecule has 0 aromatic carbocycles. The van der Waals surface area contributed by atoms with Crippen LogP contribution < -0.4 is 5.32 Å². The van der Waals surface area contributed by atoms with Crippen LogP contribution in [-0.4, -0.2) is 28.0 Å². The molecule has 0 radical (unpaired) electrons. The van der Waals surface area contributed by atoms with E-state index in [1.165, 1.54) is 36.5 Å². The van der Waals surface area contributed by atoms with Crippen LogP contribution in [-0.2, 0) is 5.41 Å². The van der Waals surface area contributed by atoms with Gasteiger partial charge in [-0.25, -0.2) is 4.98 Å². The van der Waals surface area contributed by atoms with Gasteiger partial charge in [-0.3, -0.25) is 0 Å². The number of aromatic amines is 1. The third-order valence-electron chi connectivity index (χ3n) is 3.85. The minimum absolute atomic E-state index is 0.328. The second kappa shape index (κ2) is 4.08. The average Bonchev–Trinajstić information content (AvgIpc) is 2.98. The summed E-state index contributed by atoms with van der Waals surface area (Å²) >= 11 is 2.05. The molecule has 88 valence electrons. The number of hydrogen-bond donors (Lipinski definition) is 2. The highest BCUT2D eigenvalue weighted by atomic mass is 32.2. The van der Waals surface area contributed by atoms with Gasteiger partial charge in [-0.05, 0) is 31.6 Å². The van der Waals surface area contributed by atoms with E-state index in [-0.39, 0.29) is 0 Å². The molecule has 2 aliphatic rings. The molecular formula is C12H19N3S. The molecule has 2 saturated heterocycles. The Morgan fingerprint density at radius 2 is 2.50 bits per heavy atom. The lowest BCUT2D eigenvalue weighted by atomic mass is 9.87. The van der Waals surface area contributed by atoms with Crippen LogP contribution in [0, 0.1) is 0 Å². The van der Waals surface area contributed by atoms with Crippen molar-refractivity contribution in [3.8, 4) is 0 Å². The molecule has 1 aromatic rings. The summed E-state index contributed by atoms with van der Waals surface area (Å²) in [6.45, 7) is 3.49. The molecule has 4 heteroatoms. The van der Waals surface area contributed by atoms with Crippen molar-refractivity contribution in [1.82, 2.24) is 15.3 Å². The third kappa shape index (κ3) is 1.78. The van der Waals surface area contributed by atoms with Crippen LogP contribution in [0.3, 0.4) is 0 Å². The van der Waals surface area contributed by atoms with E-state index < -0.39 is 0 Å². The van der Waals surface area contributed by atoms with Crippen molar-refractivity contribution in [3.05, 3.63) is 17.7 Å². The summed E-state index contributed by atoms with van der Waals surface area (Å²) in [5.41, 5.74) is 1.66. The van der Waals surface area contributed by atoms with Crippen molar-refractivity contribution < 1.29 is 0 Å². The van der Waals surface area contributed by atoms with Crippen molar-refractivity contribution >= 4 is 11.8 Å². The van der Waals surface area contributed by atoms with Crippen LogP contribution in [0.2, 0.25) is 0 Å². The monoisotopic (exact) mass is 237 g/mol. The van der Waals surface area contributed by atoms with Gasteiger partial charge in [0.25, 0.3) is 0 Å². The summed E-state index contributed by atoms with van der Waals surface area (Å²) in [4.78, 5) is 8.11. The first-order chi connectivity index (χ1) is 7.78. The molecule has 0 spiro atoms. The second-order valence-electron chi connectivity index (χ2n) is 5.19. The molecule has 2 fully saturated rings. The zero-order chi connectivity index (χ0) is 11.0. The molecule has 1 aromatic heterocycles. The normalized spacial score (nSPS) is 34.7. The Bertz CT molecular complexity index is 362. The van der Waals surface area contributed by atoms with E-state index in [1.807, 2.05) is 0 Å². The fourth-order valence-electron chi connectivity index (χ4n) is 2.62. The van der Waals surface area contributed by atoms with E-state index in [0.29, 0.717) is 11.5 Å². The van der Waals surface area contributed by atoms with E-state index in [1.54, 1.807) is 0 Å². The lowest BCUT2D eigenvalue weighted by Crippen LogP contribution is -2.22. The van der Waals surface area contributed by atoms with Gasteiger partial charge in [0.15, 0.2) is 0 Å². The number of nitrogens with one attached hydrogen (secondary N) is 2. The molecule has 3 heterocycles. The maximum Gasteiger partial charge on any atom is 0.123 e. The minimum Gasteiger partial charge on any atom is -0.344 e. The smallest absolute Gasteiger partial charge is 0.123 e. The maximum absolute atomic E-state index is 4.56. The average molecular weight is 237 g/mol. The van der Waals surface area contributed by atoms with E-state index in [4.69, 9.17) is 0 Å². The van der Waals surface area contributed by atoms with Crippen LogP contribution in [0.5, 0.6) is 0 Å². The number of thioether (sulfide) groups is 1. The van der Waals surface area contributed by atoms with Gasteiger partial charge < -0.3 is 10.3 Å². The van der Waals surface area contributed by atoms with Crippen molar-refractivity contribution in [2.75, 3.05) is 18.1 Å². The first-order valence-corrected chi connectivity index (χ1v) is 7.30. The Kier molecular flexibility index (Phi) is 2.72. The highest BCUT2D eigenvalue weighted by Crippen LogP contribution is 2.38. The number of rotatable bonds is 2. The van der Waals surface area contributed by atoms with Crippen molar-refractivity contribution in [2.24, 2.45) is 0 Å². The van der Waals surface area contributed by atoms with Gasteiger partial charge in [0.1, 0.15) is 5.82 Å². The van der Waals surface area contributed by atoms with Gasteiger partial charge in [-0.15, -0.1) is 0 Å². The van der Waals surface area contributed by atoms with Gasteiger partial charge in [0.05, 0.1) is 6.04 Å². The SMILES string of the molecule is CC1(c2cnc(C3CCCN3)[nH]2)CCSC1. The highest BCUT2D eigenvalue weighted by Gasteiger charge is 2.33. The topological polar surface area (TPSA) is 40.7 Å². The zero-order valence-corrected chi connectivity index (χ0v) is 10.6. The summed E-state index contributed by atoms with van der Waals surface area (Å²) in [5, 5.41) is 3.49. The van der Waals surface area contributed by atoms with Gasteiger partial charge >= 0.3 is 0 Å². The third-order valence-corrected chi connectivity index (χ3v) is 5.19. The van der Waals surface area contributed by atoms with Gasteiger partial charge in [0, 0.05) is 23.1 Å². The molecule has 2 aliphatic heterocycles. The summed E-state index contributed by atoms with van der Waals surface area (Å²) in [7, 11) is 0. The fraction of sp³-hybridized carbons (Fsp3) is 0.750. The Balaban J connectivity index is 1.81. The van der Waals surface area contributed by atoms with E-state index in [0.717, 1.165) is 12.4 Å². The van der Waals surface area contributed by atoms with Gasteiger partial charge in [-0.1, -0.05) is 6.92 Å². The van der Waals surface area contributed by atoms with Crippen LogP contribution in [0.4, 0.5) is 0 Å². The molecule has 0 aliphatic carbocycles. The molecule has 3 rings (SSSR count). The Morgan fingerprint density at radius 3 is 3.19 bits per heavy atom. The fourth-order valence-corrected chi connectivity index (χ4v) is 4.11. The summed E-state index contributed by atoms with van der Waals surface area (Å²) < 4.78 is 0. The number of hydrogen-bond acceptors (Lipinski definition) is 3. The molecular weight excluding hydrogens is 218 g/mol. The predicted octanol–water partition coefficient (Wildman–Crippen LogP) is 2.23. The summed E-state index contributed by atoms with van der Waals surface area (Å²) in [6.07, 6.45) is 5.82. The molecule has 2 N–H and O–H groups in total. The quantitative estimate of drug-likeness (QED) is 0.828. The van der Waals surface area contributed by atoms with E-state index in [9.17, 15) is 0 Å². The standard InChI is InChI=1S/C12H19N3S/c1-12(4-6-16-8-12)10-7-14-11(15-10)9-3-2-5-13-9/h7,9,13H,2-6,8H2,1H3,(H,14,15). The summed E-state index contributed by atoms with van der Waals surface area (Å²) in [6, 6.07) is 0.464. The lowest BCUT2D eigenvalue weighted by molar-refractivity contribution is 0.521. The van der Waals surface area contributed by atoms with Gasteiger partial charge in [-0.2, -0.15) is 11.8 Å². The van der Waals surface area contributed by atoms with Gasteiger partial charge in [0.2, 0.25) is 0 Å². The van der Waals surface area contributed by atoms with E-state index in [2.05, 4.69) is 40.2 Å². The molecule has 0 bridgehead atoms. The maximum atomic E-state index is 4.56. The van der Waals surface area contributed by atoms with Crippen LogP contribution >= 0.6 is 11.8 Å². The highest BCUT2D eigenvalue weighted by molar-refractivity contribution is 7.99. The number of aromatic nitrogens is 2. The predicted molar refractivity (Wildman–Crippen MR) is 67.9 cm³/mol. The van der Waals surface area contributed by atoms with Crippen molar-refractivity contribution in [3.63, 3.8) is 0 Å². The minimum atomic E-state index is 0.328. The first kappa shape index (κ1) is 10.7. The molecule has 2 atom stereocenters. The van der Waals surface area contributed by atoms with Crippen molar-refractivity contribution in [1.29, 1.82) is 0 Å². The van der Waals surface area contributed by atoms with Crippen LogP contribution in [0.25, 0.3) is 0 Å². The summed E-state index contributed by atoms with van der Waals surface area (Å²) in [5.74, 6) is 3.66. The molecule has 2 unspecified atom stereocenters. The van der Waals surface area contributed by atoms with Crippen LogP contribution in [0.1, 0.15) is 43.7 Å². The lowest BCUT2D eigenvalue weighted by Gasteiger charge is -2.20. The molecule has 16 heavy (non-hydrogen) atoms. The number of H-pyrrole nitrogens is 1. The Morgan fingerprint density at radius 1 is 1.56 bits per heavy atom. The van der Waals surface area contributed by atoms with E-state index >= 15 is 0 Å². The Hall–Kier alpha value is -0.480. The number of imidazole rings is 1. The van der Waals surface area contributed by atoms with Crippen molar-refractivity contribution in [2.45, 2.75) is 37.6 Å². The molecule has 3 nitrogen and oxygen atoms in total.